The summed E-state index contributed by atoms with van der Waals surface area (Å²) in [6.45, 7) is 0.102. The van der Waals surface area contributed by atoms with Gasteiger partial charge in [-0.05, 0) is 36.4 Å². The van der Waals surface area contributed by atoms with Crippen molar-refractivity contribution in [3.05, 3.63) is 53.3 Å². The molecule has 23 heavy (non-hydrogen) atoms. The van der Waals surface area contributed by atoms with E-state index in [0.29, 0.717) is 22.8 Å². The number of hydrogen-bond acceptors (Lipinski definition) is 5. The maximum Gasteiger partial charge on any atom is 0.161 e. The molecule has 5 nitrogen and oxygen atoms in total. The van der Waals surface area contributed by atoms with Crippen LogP contribution in [0.4, 0.5) is 4.39 Å². The quantitative estimate of drug-likeness (QED) is 0.580. The number of benzene rings is 2. The summed E-state index contributed by atoms with van der Waals surface area (Å²) in [6, 6.07) is 9.59. The zero-order chi connectivity index (χ0) is 16.7. The molecule has 0 saturated carbocycles. The Morgan fingerprint density at radius 1 is 0.913 bits per heavy atom. The summed E-state index contributed by atoms with van der Waals surface area (Å²) in [6.07, 6.45) is 1.54. The number of rotatable bonds is 7. The third-order valence-corrected chi connectivity index (χ3v) is 3.15. The lowest BCUT2D eigenvalue weighted by molar-refractivity contribution is 0.129. The zero-order valence-corrected chi connectivity index (χ0v) is 13.2. The van der Waals surface area contributed by atoms with Gasteiger partial charge in [0.2, 0.25) is 0 Å². The van der Waals surface area contributed by atoms with Crippen LogP contribution in [0.2, 0.25) is 0 Å². The number of hydrogen-bond donors (Lipinski definition) is 0. The van der Waals surface area contributed by atoms with Crippen molar-refractivity contribution < 1.29 is 23.4 Å². The van der Waals surface area contributed by atoms with Gasteiger partial charge in [-0.3, -0.25) is 0 Å². The molecule has 0 spiro atoms. The molecule has 0 atom stereocenters. The first-order chi connectivity index (χ1) is 11.2. The van der Waals surface area contributed by atoms with E-state index in [9.17, 15) is 4.39 Å². The topological polar surface area (TPSA) is 49.3 Å². The van der Waals surface area contributed by atoms with Gasteiger partial charge in [0, 0.05) is 11.1 Å². The molecule has 0 aliphatic heterocycles. The Morgan fingerprint density at radius 3 is 2.30 bits per heavy atom. The Balaban J connectivity index is 2.01. The van der Waals surface area contributed by atoms with Crippen molar-refractivity contribution in [2.24, 2.45) is 5.16 Å². The molecule has 0 radical (unpaired) electrons. The van der Waals surface area contributed by atoms with Gasteiger partial charge in [0.05, 0.1) is 27.5 Å². The van der Waals surface area contributed by atoms with Gasteiger partial charge < -0.3 is 19.0 Å². The highest BCUT2D eigenvalue weighted by atomic mass is 19.1. The van der Waals surface area contributed by atoms with Gasteiger partial charge >= 0.3 is 0 Å². The normalized spacial score (nSPS) is 10.6. The second-order valence-corrected chi connectivity index (χ2v) is 4.58. The van der Waals surface area contributed by atoms with E-state index in [-0.39, 0.29) is 12.4 Å². The van der Waals surface area contributed by atoms with Crippen LogP contribution in [0.15, 0.2) is 41.6 Å². The lowest BCUT2D eigenvalue weighted by Crippen LogP contribution is -1.95. The second-order valence-electron chi connectivity index (χ2n) is 4.58. The van der Waals surface area contributed by atoms with Crippen molar-refractivity contribution in [2.75, 3.05) is 21.3 Å². The third kappa shape index (κ3) is 4.35. The fourth-order valence-electron chi connectivity index (χ4n) is 2.00. The highest BCUT2D eigenvalue weighted by Gasteiger charge is 2.05. The maximum absolute atomic E-state index is 13.2. The van der Waals surface area contributed by atoms with E-state index in [2.05, 4.69) is 5.16 Å². The Labute approximate surface area is 134 Å². The monoisotopic (exact) mass is 319 g/mol. The fraction of sp³-hybridized carbons (Fsp3) is 0.235. The Bertz CT molecular complexity index is 688. The number of oxime groups is 1. The molecule has 0 unspecified atom stereocenters. The molecule has 0 aliphatic carbocycles. The van der Waals surface area contributed by atoms with E-state index in [1.807, 2.05) is 6.07 Å². The van der Waals surface area contributed by atoms with Gasteiger partial charge in [0.15, 0.2) is 11.5 Å². The van der Waals surface area contributed by atoms with Gasteiger partial charge in [-0.25, -0.2) is 4.39 Å². The first-order valence-electron chi connectivity index (χ1n) is 6.87. The molecule has 0 fully saturated rings. The van der Waals surface area contributed by atoms with Crippen molar-refractivity contribution >= 4 is 6.21 Å². The zero-order valence-electron chi connectivity index (χ0n) is 13.2. The van der Waals surface area contributed by atoms with Crippen molar-refractivity contribution in [1.29, 1.82) is 0 Å². The van der Waals surface area contributed by atoms with Gasteiger partial charge in [0.1, 0.15) is 18.2 Å². The molecule has 122 valence electrons. The van der Waals surface area contributed by atoms with Crippen molar-refractivity contribution in [3.8, 4) is 17.2 Å². The Morgan fingerprint density at radius 2 is 1.61 bits per heavy atom. The predicted octanol–water partition coefficient (Wildman–Crippen LogP) is 3.40. The van der Waals surface area contributed by atoms with Crippen LogP contribution in [0, 0.1) is 5.82 Å². The van der Waals surface area contributed by atoms with E-state index in [4.69, 9.17) is 19.0 Å². The number of halogens is 1. The minimum Gasteiger partial charge on any atom is -0.496 e. The molecular weight excluding hydrogens is 301 g/mol. The molecule has 0 bridgehead atoms. The minimum absolute atomic E-state index is 0.102. The molecule has 0 heterocycles. The third-order valence-electron chi connectivity index (χ3n) is 3.15. The van der Waals surface area contributed by atoms with E-state index in [1.54, 1.807) is 32.4 Å². The highest BCUT2D eigenvalue weighted by molar-refractivity contribution is 5.80. The largest absolute Gasteiger partial charge is 0.496 e. The standard InChI is InChI=1S/C17H18FNO4/c1-20-15-7-5-14(18)9-13(15)11-23-19-10-12-4-6-16(21-2)17(8-12)22-3/h4-10H,11H2,1-3H3/b19-10+. The first kappa shape index (κ1) is 16.6. The molecule has 2 rings (SSSR count). The summed E-state index contributed by atoms with van der Waals surface area (Å²) >= 11 is 0. The van der Waals surface area contributed by atoms with Crippen LogP contribution in [0.5, 0.6) is 17.2 Å². The van der Waals surface area contributed by atoms with Crippen molar-refractivity contribution in [1.82, 2.24) is 0 Å². The lowest BCUT2D eigenvalue weighted by atomic mass is 10.2. The van der Waals surface area contributed by atoms with Gasteiger partial charge in [0.25, 0.3) is 0 Å². The van der Waals surface area contributed by atoms with Crippen LogP contribution >= 0.6 is 0 Å². The average molecular weight is 319 g/mol. The van der Waals surface area contributed by atoms with Crippen LogP contribution in [-0.4, -0.2) is 27.5 Å². The molecule has 2 aromatic rings. The molecule has 0 aromatic heterocycles. The van der Waals surface area contributed by atoms with E-state index >= 15 is 0 Å². The second kappa shape index (κ2) is 8.03. The number of nitrogens with zero attached hydrogens (tertiary/aromatic N) is 1. The fourth-order valence-corrected chi connectivity index (χ4v) is 2.00. The van der Waals surface area contributed by atoms with Crippen LogP contribution in [0.3, 0.4) is 0 Å². The molecule has 0 saturated heterocycles. The van der Waals surface area contributed by atoms with Gasteiger partial charge in [-0.2, -0.15) is 0 Å². The molecule has 0 N–H and O–H groups in total. The summed E-state index contributed by atoms with van der Waals surface area (Å²) in [5, 5.41) is 3.87. The van der Waals surface area contributed by atoms with E-state index in [1.165, 1.54) is 25.5 Å². The molecule has 2 aromatic carbocycles. The summed E-state index contributed by atoms with van der Waals surface area (Å²) in [5.41, 5.74) is 1.37. The number of ether oxygens (including phenoxy) is 3. The van der Waals surface area contributed by atoms with Gasteiger partial charge in [-0.15, -0.1) is 0 Å². The SMILES string of the molecule is COc1ccc(F)cc1CO/N=C/c1ccc(OC)c(OC)c1. The summed E-state index contributed by atoms with van der Waals surface area (Å²) in [7, 11) is 4.65. The van der Waals surface area contributed by atoms with Crippen LogP contribution in [0.1, 0.15) is 11.1 Å². The lowest BCUT2D eigenvalue weighted by Gasteiger charge is -2.08. The molecule has 0 aliphatic rings. The molecular formula is C17H18FNO4. The van der Waals surface area contributed by atoms with E-state index < -0.39 is 0 Å². The highest BCUT2D eigenvalue weighted by Crippen LogP contribution is 2.27. The van der Waals surface area contributed by atoms with E-state index in [0.717, 1.165) is 5.56 Å². The smallest absolute Gasteiger partial charge is 0.161 e. The van der Waals surface area contributed by atoms with Crippen LogP contribution < -0.4 is 14.2 Å². The minimum atomic E-state index is -0.353. The summed E-state index contributed by atoms with van der Waals surface area (Å²) in [4.78, 5) is 5.20. The average Bonchev–Trinajstić information content (AvgIpc) is 2.58. The Kier molecular flexibility index (Phi) is 5.80. The molecule has 0 amide bonds. The first-order valence-corrected chi connectivity index (χ1v) is 6.87. The summed E-state index contributed by atoms with van der Waals surface area (Å²) in [5.74, 6) is 1.43. The molecule has 6 heteroatoms. The predicted molar refractivity (Wildman–Crippen MR) is 84.9 cm³/mol. The number of methoxy groups -OCH3 is 3. The maximum atomic E-state index is 13.2. The van der Waals surface area contributed by atoms with Crippen molar-refractivity contribution in [3.63, 3.8) is 0 Å². The summed E-state index contributed by atoms with van der Waals surface area (Å²) < 4.78 is 28.8. The Hall–Kier alpha value is -2.76. The van der Waals surface area contributed by atoms with Gasteiger partial charge in [-0.1, -0.05) is 5.16 Å². The van der Waals surface area contributed by atoms with Crippen molar-refractivity contribution in [2.45, 2.75) is 6.61 Å². The van der Waals surface area contributed by atoms with Crippen LogP contribution in [-0.2, 0) is 11.4 Å². The van der Waals surface area contributed by atoms with Crippen LogP contribution in [0.25, 0.3) is 0 Å².